The lowest BCUT2D eigenvalue weighted by Crippen LogP contribution is -2.23. The van der Waals surface area contributed by atoms with E-state index in [4.69, 9.17) is 11.6 Å². The minimum Gasteiger partial charge on any atom is -0.361 e. The van der Waals surface area contributed by atoms with E-state index < -0.39 is 4.92 Å². The first-order chi connectivity index (χ1) is 12.5. The first-order valence-corrected chi connectivity index (χ1v) is 8.36. The molecule has 1 amide bonds. The molecular weight excluding hydrogens is 354 g/mol. The maximum Gasteiger partial charge on any atom is 0.270 e. The molecule has 1 aromatic heterocycles. The summed E-state index contributed by atoms with van der Waals surface area (Å²) in [5.41, 5.74) is 2.66. The number of nitrogens with zero attached hydrogens (tertiary/aromatic N) is 1. The average molecular weight is 370 g/mol. The molecule has 0 saturated carbocycles. The Bertz CT molecular complexity index is 995. The van der Waals surface area contributed by atoms with Gasteiger partial charge in [0.2, 0.25) is 5.91 Å². The molecule has 2 aromatic carbocycles. The fraction of sp³-hybridized carbons (Fsp3) is 0.105. The van der Waals surface area contributed by atoms with Crippen molar-refractivity contribution >= 4 is 40.2 Å². The molecule has 7 heteroatoms. The van der Waals surface area contributed by atoms with Crippen molar-refractivity contribution in [3.05, 3.63) is 81.0 Å². The molecule has 3 aromatic rings. The van der Waals surface area contributed by atoms with Crippen molar-refractivity contribution in [3.63, 3.8) is 0 Å². The summed E-state index contributed by atoms with van der Waals surface area (Å²) < 4.78 is 0. The summed E-state index contributed by atoms with van der Waals surface area (Å²) in [6, 6.07) is 11.7. The monoisotopic (exact) mass is 369 g/mol. The Kier molecular flexibility index (Phi) is 5.34. The number of carbonyl (C=O) groups excluding carboxylic acids is 1. The van der Waals surface area contributed by atoms with Crippen molar-refractivity contribution in [2.45, 2.75) is 6.42 Å². The van der Waals surface area contributed by atoms with Crippen LogP contribution in [0.3, 0.4) is 0 Å². The Hall–Kier alpha value is -3.12. The highest BCUT2D eigenvalue weighted by atomic mass is 35.5. The van der Waals surface area contributed by atoms with Crippen molar-refractivity contribution in [2.75, 3.05) is 6.54 Å². The molecule has 0 spiro atoms. The van der Waals surface area contributed by atoms with Gasteiger partial charge >= 0.3 is 0 Å². The fourth-order valence-corrected chi connectivity index (χ4v) is 2.82. The number of halogens is 1. The topological polar surface area (TPSA) is 88.0 Å². The lowest BCUT2D eigenvalue weighted by molar-refractivity contribution is -0.384. The van der Waals surface area contributed by atoms with Crippen LogP contribution in [0.2, 0.25) is 5.02 Å². The fourth-order valence-electron chi connectivity index (χ4n) is 2.65. The molecule has 0 unspecified atom stereocenters. The van der Waals surface area contributed by atoms with Gasteiger partial charge in [-0.1, -0.05) is 23.7 Å². The molecule has 2 N–H and O–H groups in total. The molecular formula is C19H16ClN3O3. The van der Waals surface area contributed by atoms with Crippen molar-refractivity contribution in [2.24, 2.45) is 0 Å². The van der Waals surface area contributed by atoms with Gasteiger partial charge in [0.1, 0.15) is 0 Å². The van der Waals surface area contributed by atoms with Gasteiger partial charge in [-0.3, -0.25) is 14.9 Å². The summed E-state index contributed by atoms with van der Waals surface area (Å²) in [5, 5.41) is 15.3. The zero-order chi connectivity index (χ0) is 18.5. The van der Waals surface area contributed by atoms with E-state index in [2.05, 4.69) is 10.3 Å². The summed E-state index contributed by atoms with van der Waals surface area (Å²) >= 11 is 6.03. The number of rotatable bonds is 6. The SMILES string of the molecule is O=C(C=Cc1cccc([N+](=O)[O-])c1)NCCc1c[nH]c2ccc(Cl)cc12. The van der Waals surface area contributed by atoms with Crippen LogP contribution in [0.4, 0.5) is 5.69 Å². The summed E-state index contributed by atoms with van der Waals surface area (Å²) in [5.74, 6) is -0.255. The van der Waals surface area contributed by atoms with Crippen LogP contribution < -0.4 is 5.32 Å². The molecule has 26 heavy (non-hydrogen) atoms. The molecule has 1 heterocycles. The standard InChI is InChI=1S/C19H16ClN3O3/c20-15-5-6-18-17(11-15)14(12-22-18)8-9-21-19(24)7-4-13-2-1-3-16(10-13)23(25)26/h1-7,10-12,22H,8-9H2,(H,21,24). The number of hydrogen-bond donors (Lipinski definition) is 2. The number of hydrogen-bond acceptors (Lipinski definition) is 3. The molecule has 132 valence electrons. The number of aromatic amines is 1. The van der Waals surface area contributed by atoms with Crippen molar-refractivity contribution in [3.8, 4) is 0 Å². The maximum absolute atomic E-state index is 11.9. The predicted molar refractivity (Wildman–Crippen MR) is 102 cm³/mol. The third-order valence-electron chi connectivity index (χ3n) is 3.93. The van der Waals surface area contributed by atoms with E-state index in [-0.39, 0.29) is 11.6 Å². The van der Waals surface area contributed by atoms with Crippen molar-refractivity contribution < 1.29 is 9.72 Å². The highest BCUT2D eigenvalue weighted by Crippen LogP contribution is 2.22. The highest BCUT2D eigenvalue weighted by molar-refractivity contribution is 6.31. The van der Waals surface area contributed by atoms with Crippen LogP contribution in [-0.2, 0) is 11.2 Å². The smallest absolute Gasteiger partial charge is 0.270 e. The molecule has 0 radical (unpaired) electrons. The predicted octanol–water partition coefficient (Wildman–Crippen LogP) is 4.10. The van der Waals surface area contributed by atoms with Gasteiger partial charge in [-0.05, 0) is 41.8 Å². The summed E-state index contributed by atoms with van der Waals surface area (Å²) in [6.45, 7) is 0.470. The minimum atomic E-state index is -0.467. The first-order valence-electron chi connectivity index (χ1n) is 7.99. The highest BCUT2D eigenvalue weighted by Gasteiger charge is 2.06. The van der Waals surface area contributed by atoms with Gasteiger partial charge < -0.3 is 10.3 Å². The third-order valence-corrected chi connectivity index (χ3v) is 4.17. The second-order valence-electron chi connectivity index (χ2n) is 5.73. The molecule has 6 nitrogen and oxygen atoms in total. The van der Waals surface area contributed by atoms with E-state index in [1.165, 1.54) is 18.2 Å². The number of non-ortho nitro benzene ring substituents is 1. The molecule has 0 bridgehead atoms. The largest absolute Gasteiger partial charge is 0.361 e. The normalized spacial score (nSPS) is 11.1. The molecule has 3 rings (SSSR count). The van der Waals surface area contributed by atoms with Crippen LogP contribution in [0, 0.1) is 10.1 Å². The maximum atomic E-state index is 11.9. The van der Waals surface area contributed by atoms with Gasteiger partial charge in [-0.2, -0.15) is 0 Å². The van der Waals surface area contributed by atoms with Crippen molar-refractivity contribution in [1.82, 2.24) is 10.3 Å². The zero-order valence-corrected chi connectivity index (χ0v) is 14.5. The average Bonchev–Trinajstić information content (AvgIpc) is 3.02. The number of amides is 1. The minimum absolute atomic E-state index is 0.00875. The van der Waals surface area contributed by atoms with Crippen LogP contribution in [0.1, 0.15) is 11.1 Å². The molecule has 0 aliphatic rings. The molecule has 0 fully saturated rings. The third kappa shape index (κ3) is 4.29. The van der Waals surface area contributed by atoms with Crippen LogP contribution in [-0.4, -0.2) is 22.4 Å². The lowest BCUT2D eigenvalue weighted by Gasteiger charge is -2.02. The Morgan fingerprint density at radius 2 is 2.12 bits per heavy atom. The van der Waals surface area contributed by atoms with Gasteiger partial charge in [-0.15, -0.1) is 0 Å². The van der Waals surface area contributed by atoms with Gasteiger partial charge in [0.15, 0.2) is 0 Å². The second kappa shape index (κ2) is 7.84. The van der Waals surface area contributed by atoms with E-state index in [9.17, 15) is 14.9 Å². The number of nitro benzene ring substituents is 1. The summed E-state index contributed by atoms with van der Waals surface area (Å²) in [4.78, 5) is 25.4. The van der Waals surface area contributed by atoms with Crippen LogP contribution in [0.15, 0.2) is 54.7 Å². The quantitative estimate of drug-likeness (QED) is 0.389. The number of nitro groups is 1. The van der Waals surface area contributed by atoms with E-state index >= 15 is 0 Å². The Labute approximate surface area is 154 Å². The van der Waals surface area contributed by atoms with E-state index in [1.54, 1.807) is 18.2 Å². The van der Waals surface area contributed by atoms with E-state index in [1.807, 2.05) is 24.4 Å². The number of H-pyrrole nitrogens is 1. The van der Waals surface area contributed by atoms with Gasteiger partial charge in [0.25, 0.3) is 5.69 Å². The Morgan fingerprint density at radius 1 is 1.27 bits per heavy atom. The summed E-state index contributed by atoms with van der Waals surface area (Å²) in [7, 11) is 0. The molecule has 0 aliphatic carbocycles. The van der Waals surface area contributed by atoms with E-state index in [0.29, 0.717) is 23.6 Å². The number of benzene rings is 2. The van der Waals surface area contributed by atoms with Crippen molar-refractivity contribution in [1.29, 1.82) is 0 Å². The van der Waals surface area contributed by atoms with Gasteiger partial charge in [-0.25, -0.2) is 0 Å². The Balaban J connectivity index is 1.56. The Morgan fingerprint density at radius 3 is 2.92 bits per heavy atom. The molecule has 0 saturated heterocycles. The van der Waals surface area contributed by atoms with Gasteiger partial charge in [0, 0.05) is 46.9 Å². The zero-order valence-electron chi connectivity index (χ0n) is 13.7. The van der Waals surface area contributed by atoms with Crippen LogP contribution in [0.25, 0.3) is 17.0 Å². The number of fused-ring (bicyclic) bond motifs is 1. The summed E-state index contributed by atoms with van der Waals surface area (Å²) in [6.07, 6.45) is 5.49. The second-order valence-corrected chi connectivity index (χ2v) is 6.17. The lowest BCUT2D eigenvalue weighted by atomic mass is 10.1. The number of carbonyl (C=O) groups is 1. The first kappa shape index (κ1) is 17.7. The molecule has 0 aliphatic heterocycles. The van der Waals surface area contributed by atoms with Crippen LogP contribution >= 0.6 is 11.6 Å². The van der Waals surface area contributed by atoms with E-state index in [0.717, 1.165) is 16.5 Å². The number of aromatic nitrogens is 1. The van der Waals surface area contributed by atoms with Gasteiger partial charge in [0.05, 0.1) is 4.92 Å². The number of nitrogens with one attached hydrogen (secondary N) is 2. The van der Waals surface area contributed by atoms with Crippen LogP contribution in [0.5, 0.6) is 0 Å². The molecule has 0 atom stereocenters.